The molecule has 0 bridgehead atoms. The van der Waals surface area contributed by atoms with E-state index in [9.17, 15) is 13.2 Å². The van der Waals surface area contributed by atoms with Crippen LogP contribution in [0.5, 0.6) is 0 Å². The van der Waals surface area contributed by atoms with Gasteiger partial charge in [0.1, 0.15) is 0 Å². The third-order valence-corrected chi connectivity index (χ3v) is 0.243. The Balaban J connectivity index is -0.000000180. The second kappa shape index (κ2) is 3.97. The number of carboxylic acid groups (broad SMARTS) is 1. The normalized spacial score (nSPS) is 9.88. The number of rotatable bonds is 0. The molecule has 6 heteroatoms. The molecule has 0 unspecified atom stereocenters. The molecule has 0 fully saturated rings. The van der Waals surface area contributed by atoms with Crippen molar-refractivity contribution in [1.29, 1.82) is 0 Å². The molecule has 0 aliphatic carbocycles. The first kappa shape index (κ1) is 11.8. The van der Waals surface area contributed by atoms with E-state index in [4.69, 9.17) is 9.90 Å². The van der Waals surface area contributed by atoms with Crippen LogP contribution in [0.1, 0.15) is 1.43 Å². The molecule has 0 aromatic heterocycles. The summed E-state index contributed by atoms with van der Waals surface area (Å²) in [4.78, 5) is 8.90. The molecule has 44 valence electrons. The molecule has 0 rings (SSSR count). The average Bonchev–Trinajstić information content (AvgIpc) is 1.31. The summed E-state index contributed by atoms with van der Waals surface area (Å²) < 4.78 is 31.7. The van der Waals surface area contributed by atoms with Crippen LogP contribution >= 0.6 is 0 Å². The van der Waals surface area contributed by atoms with Crippen molar-refractivity contribution in [3.05, 3.63) is 0 Å². The minimum Gasteiger partial charge on any atom is -1.00 e. The number of carboxylic acids is 1. The van der Waals surface area contributed by atoms with Gasteiger partial charge in [0.15, 0.2) is 0 Å². The molecule has 8 heavy (non-hydrogen) atoms. The standard InChI is InChI=1S/C2HF3O2.Rb.H/c3-2(4,5)1(6)7;;/h(H,6,7);;/q;+1;-1. The smallest absolute Gasteiger partial charge is 1.00 e. The number of hydrogen-bond acceptors (Lipinski definition) is 1. The fourth-order valence-corrected chi connectivity index (χ4v) is 0. The Labute approximate surface area is 93.3 Å². The Morgan fingerprint density at radius 2 is 1.62 bits per heavy atom. The second-order valence-electron chi connectivity index (χ2n) is 0.803. The van der Waals surface area contributed by atoms with Gasteiger partial charge in [-0.3, -0.25) is 0 Å². The van der Waals surface area contributed by atoms with Gasteiger partial charge in [0.2, 0.25) is 0 Å². The van der Waals surface area contributed by atoms with Crippen molar-refractivity contribution < 1.29 is 82.7 Å². The molecule has 0 atom stereocenters. The fourth-order valence-electron chi connectivity index (χ4n) is 0. The zero-order valence-corrected chi connectivity index (χ0v) is 8.91. The van der Waals surface area contributed by atoms with Gasteiger partial charge < -0.3 is 6.53 Å². The van der Waals surface area contributed by atoms with E-state index in [2.05, 4.69) is 0 Å². The first-order chi connectivity index (χ1) is 2.94. The first-order valence-electron chi connectivity index (χ1n) is 1.24. The molecule has 0 radical (unpaired) electrons. The monoisotopic (exact) mass is 200 g/mol. The van der Waals surface area contributed by atoms with Gasteiger partial charge in [-0.1, -0.05) is 0 Å². The van der Waals surface area contributed by atoms with Crippen molar-refractivity contribution in [2.45, 2.75) is 6.18 Å². The number of carbonyl (C=O) groups is 1. The van der Waals surface area contributed by atoms with Gasteiger partial charge in [-0.15, -0.1) is 0 Å². The van der Waals surface area contributed by atoms with Gasteiger partial charge in [-0.25, -0.2) is 4.79 Å². The quantitative estimate of drug-likeness (QED) is 0.480. The SMILES string of the molecule is O=C(O)C(F)(F)F.[H-].[Rb+]. The average molecular weight is 200 g/mol. The molecule has 0 aliphatic rings. The van der Waals surface area contributed by atoms with E-state index in [-0.39, 0.29) is 59.6 Å². The summed E-state index contributed by atoms with van der Waals surface area (Å²) >= 11 is 0. The summed E-state index contributed by atoms with van der Waals surface area (Å²) in [6.07, 6.45) is -5.08. The summed E-state index contributed by atoms with van der Waals surface area (Å²) in [5.41, 5.74) is 0. The molecule has 0 aromatic carbocycles. The molecule has 0 saturated carbocycles. The van der Waals surface area contributed by atoms with Gasteiger partial charge >= 0.3 is 70.3 Å². The van der Waals surface area contributed by atoms with Crippen LogP contribution in [0.15, 0.2) is 0 Å². The molecule has 0 aromatic rings. The van der Waals surface area contributed by atoms with E-state index < -0.39 is 12.1 Å². The van der Waals surface area contributed by atoms with E-state index in [0.717, 1.165) is 0 Å². The Kier molecular flexibility index (Phi) is 5.87. The van der Waals surface area contributed by atoms with Gasteiger partial charge in [0.25, 0.3) is 0 Å². The molecule has 0 heterocycles. The van der Waals surface area contributed by atoms with Crippen LogP contribution in [0.25, 0.3) is 0 Å². The Morgan fingerprint density at radius 1 is 1.50 bits per heavy atom. The predicted molar refractivity (Wildman–Crippen MR) is 14.8 cm³/mol. The third kappa shape index (κ3) is 5.21. The molecular formula is C2H2F3O2Rb. The third-order valence-electron chi connectivity index (χ3n) is 0.243. The van der Waals surface area contributed by atoms with Crippen molar-refractivity contribution >= 4 is 5.97 Å². The van der Waals surface area contributed by atoms with Crippen LogP contribution in [0.2, 0.25) is 0 Å². The summed E-state index contributed by atoms with van der Waals surface area (Å²) in [5, 5.41) is 7.12. The molecule has 1 N–H and O–H groups in total. The van der Waals surface area contributed by atoms with E-state index in [1.54, 1.807) is 0 Å². The van der Waals surface area contributed by atoms with E-state index in [0.29, 0.717) is 0 Å². The zero-order chi connectivity index (χ0) is 6.08. The van der Waals surface area contributed by atoms with Crippen LogP contribution in [0.3, 0.4) is 0 Å². The molecular weight excluding hydrogens is 198 g/mol. The number of aliphatic carboxylic acids is 1. The van der Waals surface area contributed by atoms with Crippen LogP contribution < -0.4 is 58.2 Å². The van der Waals surface area contributed by atoms with Crippen molar-refractivity contribution in [2.24, 2.45) is 0 Å². The van der Waals surface area contributed by atoms with E-state index >= 15 is 0 Å². The Hall–Kier alpha value is 1.07. The number of alkyl halides is 3. The first-order valence-corrected chi connectivity index (χ1v) is 1.24. The molecule has 0 spiro atoms. The Morgan fingerprint density at radius 3 is 1.62 bits per heavy atom. The molecule has 0 saturated heterocycles. The zero-order valence-electron chi connectivity index (χ0n) is 4.99. The van der Waals surface area contributed by atoms with Crippen molar-refractivity contribution in [2.75, 3.05) is 0 Å². The van der Waals surface area contributed by atoms with Gasteiger partial charge in [0, 0.05) is 0 Å². The van der Waals surface area contributed by atoms with Crippen LogP contribution in [-0.4, -0.2) is 17.3 Å². The van der Waals surface area contributed by atoms with Gasteiger partial charge in [-0.05, 0) is 0 Å². The maximum Gasteiger partial charge on any atom is 1.00 e. The van der Waals surface area contributed by atoms with Gasteiger partial charge in [0.05, 0.1) is 0 Å². The number of hydrogen-bond donors (Lipinski definition) is 1. The Bertz CT molecular complexity index is 92.3. The molecule has 2 nitrogen and oxygen atoms in total. The minimum atomic E-state index is -5.08. The summed E-state index contributed by atoms with van der Waals surface area (Å²) in [6.45, 7) is 0. The van der Waals surface area contributed by atoms with E-state index in [1.165, 1.54) is 0 Å². The van der Waals surface area contributed by atoms with Crippen molar-refractivity contribution in [3.8, 4) is 0 Å². The van der Waals surface area contributed by atoms with Crippen LogP contribution in [0, 0.1) is 0 Å². The number of halogens is 3. The minimum absolute atomic E-state index is 0. The van der Waals surface area contributed by atoms with Crippen molar-refractivity contribution in [3.63, 3.8) is 0 Å². The second-order valence-corrected chi connectivity index (χ2v) is 0.803. The van der Waals surface area contributed by atoms with Crippen LogP contribution in [0.4, 0.5) is 13.2 Å². The predicted octanol–water partition coefficient (Wildman–Crippen LogP) is -2.25. The summed E-state index contributed by atoms with van der Waals surface area (Å²) in [7, 11) is 0. The summed E-state index contributed by atoms with van der Waals surface area (Å²) in [5.74, 6) is -2.76. The van der Waals surface area contributed by atoms with Crippen molar-refractivity contribution in [1.82, 2.24) is 0 Å². The van der Waals surface area contributed by atoms with Crippen LogP contribution in [-0.2, 0) is 4.79 Å². The maximum absolute atomic E-state index is 10.6. The molecule has 0 amide bonds. The fraction of sp³-hybridized carbons (Fsp3) is 0.500. The topological polar surface area (TPSA) is 37.3 Å². The largest absolute Gasteiger partial charge is 1.00 e. The maximum atomic E-state index is 10.6. The molecule has 0 aliphatic heterocycles. The summed E-state index contributed by atoms with van der Waals surface area (Å²) in [6, 6.07) is 0. The van der Waals surface area contributed by atoms with E-state index in [1.807, 2.05) is 0 Å². The van der Waals surface area contributed by atoms with Gasteiger partial charge in [-0.2, -0.15) is 13.2 Å².